The summed E-state index contributed by atoms with van der Waals surface area (Å²) >= 11 is 0. The van der Waals surface area contributed by atoms with E-state index in [9.17, 15) is 132 Å². The quantitative estimate of drug-likeness (QED) is 0.0475. The highest BCUT2D eigenvalue weighted by atomic mass is 16.8. The molecular weight excluding hydrogens is 1270 g/mol. The number of aliphatic hydroxyl groups is 21. The van der Waals surface area contributed by atoms with Gasteiger partial charge in [-0.3, -0.25) is 4.79 Å². The largest absolute Gasteiger partial charge is 0.479 e. The van der Waals surface area contributed by atoms with Crippen molar-refractivity contribution < 1.29 is 208 Å². The zero-order valence-electron chi connectivity index (χ0n) is 48.5. The maximum Gasteiger partial charge on any atom is 0.335 e. The van der Waals surface area contributed by atoms with Crippen LogP contribution in [-0.2, 0) is 90.2 Å². The first-order chi connectivity index (χ1) is 43.3. The van der Waals surface area contributed by atoms with Crippen LogP contribution in [0.5, 0.6) is 0 Å². The van der Waals surface area contributed by atoms with Crippen LogP contribution >= 0.6 is 0 Å². The van der Waals surface area contributed by atoms with Crippen LogP contribution < -0.4 is 0 Å². The molecule has 8 aliphatic heterocycles. The normalized spacial score (nSPS) is 52.0. The van der Waals surface area contributed by atoms with E-state index in [4.69, 9.17) is 75.8 Å². The summed E-state index contributed by atoms with van der Waals surface area (Å²) in [5.74, 6) is -5.00. The number of carboxylic acid groups (broad SMARTS) is 2. The fourth-order valence-corrected chi connectivity index (χ4v) is 11.6. The fraction of sp³-hybridized carbons (Fsp3) is 0.940. The number of hydrogen-bond acceptors (Lipinski definition) is 40. The van der Waals surface area contributed by atoms with Crippen LogP contribution in [0, 0.1) is 0 Å². The van der Waals surface area contributed by atoms with Gasteiger partial charge in [0.1, 0.15) is 165 Å². The molecule has 0 aromatic rings. The molecule has 8 fully saturated rings. The second-order valence-corrected chi connectivity index (χ2v) is 23.0. The number of ether oxygens (including phenoxy) is 16. The average Bonchev–Trinajstić information content (AvgIpc) is 0.856. The number of carboxylic acids is 2. The van der Waals surface area contributed by atoms with Crippen LogP contribution in [0.15, 0.2) is 0 Å². The van der Waals surface area contributed by atoms with Crippen LogP contribution in [0.2, 0.25) is 0 Å². The van der Waals surface area contributed by atoms with Gasteiger partial charge in [0.2, 0.25) is 0 Å². The third-order valence-corrected chi connectivity index (χ3v) is 16.8. The molecule has 8 aliphatic rings. The highest BCUT2D eigenvalue weighted by Crippen LogP contribution is 2.40. The van der Waals surface area contributed by atoms with Crippen molar-refractivity contribution in [2.24, 2.45) is 0 Å². The third-order valence-electron chi connectivity index (χ3n) is 16.8. The van der Waals surface area contributed by atoms with Crippen molar-refractivity contribution in [1.82, 2.24) is 0 Å². The molecule has 42 heteroatoms. The van der Waals surface area contributed by atoms with Gasteiger partial charge in [0.05, 0.1) is 38.6 Å². The molecule has 8 saturated heterocycles. The standard InChI is InChI=1S/C50H80O42/c1-8-16(57)34(40(43(76)77-8)79-10(3)55)87-48-28(69)23(64)36(39(92-48)42(74)75)89-50-30(71)37(32(14(7-54)83-50)85-45-25(66)20(61)18(59)12(5-52)81-45)90-49-29(70)33(15(56)9(2)78-49)86-47-27(68)22(63)35(38(91-47)41(72)73)88-46-26(67)21(62)31(13(6-53)82-46)84-44-24(65)19(60)17(58)11(4-51)80-44/h8-9,11-40,43-54,56-71,76H,4-7H2,1-3H3,(H,72,73)(H,74,75)/t8-,9-,11+,12+,13+,14+,15+,16+,17+,18+,19-,20-,21+,22+,23+,24+,25+,26+,27+,28+,29-,30+,31+,32+,33+,34+,35-,36-,37+,38-,39-,40-,43?,44-,45-,46-,47-,48-,49-,50-/m0/s1. The summed E-state index contributed by atoms with van der Waals surface area (Å²) in [4.78, 5) is 37.6. The van der Waals surface area contributed by atoms with Crippen LogP contribution in [0.25, 0.3) is 0 Å². The van der Waals surface area contributed by atoms with Crippen molar-refractivity contribution in [1.29, 1.82) is 0 Å². The van der Waals surface area contributed by atoms with E-state index in [1.54, 1.807) is 0 Å². The topological polar surface area (TPSA) is 664 Å². The monoisotopic (exact) mass is 1350 g/mol. The van der Waals surface area contributed by atoms with Crippen LogP contribution in [0.1, 0.15) is 20.8 Å². The Morgan fingerprint density at radius 3 is 1.01 bits per heavy atom. The van der Waals surface area contributed by atoms with Gasteiger partial charge in [0.15, 0.2) is 68.6 Å². The molecule has 0 aromatic carbocycles. The molecule has 1 unspecified atom stereocenters. The van der Waals surface area contributed by atoms with E-state index in [1.807, 2.05) is 0 Å². The molecule has 0 saturated carbocycles. The lowest BCUT2D eigenvalue weighted by Gasteiger charge is -2.51. The number of aliphatic hydroxyl groups excluding tert-OH is 21. The summed E-state index contributed by atoms with van der Waals surface area (Å²) in [5.41, 5.74) is 0. The van der Waals surface area contributed by atoms with E-state index < -0.39 is 290 Å². The zero-order valence-corrected chi connectivity index (χ0v) is 48.5. The second kappa shape index (κ2) is 31.2. The number of esters is 1. The average molecular weight is 1350 g/mol. The third kappa shape index (κ3) is 15.3. The van der Waals surface area contributed by atoms with Gasteiger partial charge in [-0.05, 0) is 13.8 Å². The molecule has 532 valence electrons. The van der Waals surface area contributed by atoms with Crippen molar-refractivity contribution in [3.8, 4) is 0 Å². The Morgan fingerprint density at radius 1 is 0.293 bits per heavy atom. The van der Waals surface area contributed by atoms with Crippen molar-refractivity contribution in [2.45, 2.75) is 266 Å². The maximum absolute atomic E-state index is 12.9. The number of carbonyl (C=O) groups excluding carboxylic acids is 1. The van der Waals surface area contributed by atoms with Gasteiger partial charge in [0.25, 0.3) is 0 Å². The lowest BCUT2D eigenvalue weighted by molar-refractivity contribution is -0.405. The number of aliphatic carboxylic acids is 2. The van der Waals surface area contributed by atoms with Gasteiger partial charge >= 0.3 is 17.9 Å². The summed E-state index contributed by atoms with van der Waals surface area (Å²) in [6.45, 7) is -0.973. The van der Waals surface area contributed by atoms with Crippen LogP contribution in [0.3, 0.4) is 0 Å². The molecule has 0 bridgehead atoms. The van der Waals surface area contributed by atoms with Crippen molar-refractivity contribution in [3.05, 3.63) is 0 Å². The SMILES string of the molecule is CC(=O)O[C@@H]1C(O)O[C@@H](C)[C@@H](O)[C@H]1O[C@H]1O[C@H](C(=O)O)[C@@H](O[C@@H]2O[C@H](CO)[C@@H](O[C@@H]3O[C@H](CO)[C@@H](O)[C@H](O)[C@H]3O)[C@H](O[C@@H]3O[C@@H](C)[C@@H](O)[C@@H](O[C@H]4O[C@H](C(=O)O)[C@@H](O[C@@H]5O[C@H](CO)[C@@H](O[C@@H]6O[C@H](CO)[C@@H](O)[C@H](O)[C@H]6O)[C@H](O)[C@H]5O)[C@H](O)[C@H]4O)[C@@H]3O)[C@H]2O)[C@H](O)[C@H]1O. The molecule has 0 amide bonds. The molecule has 0 radical (unpaired) electrons. The van der Waals surface area contributed by atoms with Crippen LogP contribution in [-0.4, -0.2) is 407 Å². The Hall–Kier alpha value is -3.03. The molecule has 0 aliphatic carbocycles. The van der Waals surface area contributed by atoms with Gasteiger partial charge in [-0.25, -0.2) is 9.59 Å². The fourth-order valence-electron chi connectivity index (χ4n) is 11.6. The van der Waals surface area contributed by atoms with E-state index >= 15 is 0 Å². The molecule has 42 nitrogen and oxygen atoms in total. The van der Waals surface area contributed by atoms with Crippen molar-refractivity contribution >= 4 is 17.9 Å². The van der Waals surface area contributed by atoms with Gasteiger partial charge < -0.3 is 193 Å². The maximum atomic E-state index is 12.9. The Balaban J connectivity index is 1.01. The predicted molar refractivity (Wildman–Crippen MR) is 272 cm³/mol. The molecular formula is C50H80O42. The molecule has 8 rings (SSSR count). The van der Waals surface area contributed by atoms with Gasteiger partial charge in [-0.2, -0.15) is 0 Å². The first kappa shape index (κ1) is 74.8. The van der Waals surface area contributed by atoms with Crippen molar-refractivity contribution in [3.63, 3.8) is 0 Å². The van der Waals surface area contributed by atoms with E-state index in [1.165, 1.54) is 6.92 Å². The molecule has 0 aromatic heterocycles. The van der Waals surface area contributed by atoms with Gasteiger partial charge in [-0.15, -0.1) is 0 Å². The van der Waals surface area contributed by atoms with E-state index in [0.29, 0.717) is 0 Å². The lowest BCUT2D eigenvalue weighted by Crippen LogP contribution is -2.69. The molecule has 40 atom stereocenters. The highest BCUT2D eigenvalue weighted by Gasteiger charge is 2.61. The summed E-state index contributed by atoms with van der Waals surface area (Å²) in [7, 11) is 0. The van der Waals surface area contributed by atoms with Crippen molar-refractivity contribution in [2.75, 3.05) is 26.4 Å². The van der Waals surface area contributed by atoms with Crippen LogP contribution in [0.4, 0.5) is 0 Å². The Bertz CT molecular complexity index is 2380. The smallest absolute Gasteiger partial charge is 0.335 e. The summed E-state index contributed by atoms with van der Waals surface area (Å²) in [5, 5.41) is 249. The Morgan fingerprint density at radius 2 is 0.587 bits per heavy atom. The van der Waals surface area contributed by atoms with Gasteiger partial charge in [-0.1, -0.05) is 0 Å². The van der Waals surface area contributed by atoms with E-state index in [0.717, 1.165) is 13.8 Å². The Kier molecular flexibility index (Phi) is 25.4. The summed E-state index contributed by atoms with van der Waals surface area (Å²) in [6, 6.07) is 0. The minimum Gasteiger partial charge on any atom is -0.479 e. The van der Waals surface area contributed by atoms with E-state index in [-0.39, 0.29) is 0 Å². The summed E-state index contributed by atoms with van der Waals surface area (Å²) in [6.07, 6.45) is -84.9. The predicted octanol–water partition coefficient (Wildman–Crippen LogP) is -15.6. The lowest BCUT2D eigenvalue weighted by atomic mass is 9.94. The minimum atomic E-state index is -2.53. The molecule has 8 heterocycles. The first-order valence-corrected chi connectivity index (χ1v) is 28.8. The number of hydrogen-bond donors (Lipinski definition) is 23. The van der Waals surface area contributed by atoms with Gasteiger partial charge in [0, 0.05) is 6.92 Å². The molecule has 0 spiro atoms. The molecule has 92 heavy (non-hydrogen) atoms. The molecule has 23 N–H and O–H groups in total. The highest BCUT2D eigenvalue weighted by molar-refractivity contribution is 5.74. The summed E-state index contributed by atoms with van der Waals surface area (Å²) < 4.78 is 89.1. The van der Waals surface area contributed by atoms with E-state index in [2.05, 4.69) is 0 Å². The number of rotatable bonds is 21. The zero-order chi connectivity index (χ0) is 68.0. The number of carbonyl (C=O) groups is 3. The minimum absolute atomic E-state index is 0.901. The first-order valence-electron chi connectivity index (χ1n) is 28.8. The Labute approximate surface area is 517 Å². The second-order valence-electron chi connectivity index (χ2n) is 23.0.